The van der Waals surface area contributed by atoms with Crippen LogP contribution in [0.3, 0.4) is 0 Å². The van der Waals surface area contributed by atoms with E-state index in [9.17, 15) is 19.2 Å². The molecule has 3 aliphatic rings. The lowest BCUT2D eigenvalue weighted by Gasteiger charge is -2.22. The van der Waals surface area contributed by atoms with Gasteiger partial charge in [-0.1, -0.05) is 24.5 Å². The molecule has 0 saturated carbocycles. The van der Waals surface area contributed by atoms with Crippen molar-refractivity contribution >= 4 is 34.7 Å². The first-order valence-corrected chi connectivity index (χ1v) is 15.0. The van der Waals surface area contributed by atoms with E-state index in [0.29, 0.717) is 58.3 Å². The third kappa shape index (κ3) is 6.67. The van der Waals surface area contributed by atoms with E-state index < -0.39 is 47.9 Å². The second-order valence-corrected chi connectivity index (χ2v) is 11.1. The molecule has 9 nitrogen and oxygen atoms in total. The van der Waals surface area contributed by atoms with Gasteiger partial charge in [0.2, 0.25) is 0 Å². The van der Waals surface area contributed by atoms with Gasteiger partial charge in [0.25, 0.3) is 17.7 Å². The fourth-order valence-electron chi connectivity index (χ4n) is 5.27. The number of hydrogen-bond donors (Lipinski definition) is 0. The van der Waals surface area contributed by atoms with E-state index in [0.717, 1.165) is 5.56 Å². The van der Waals surface area contributed by atoms with Crippen molar-refractivity contribution in [1.82, 2.24) is 9.96 Å². The molecular weight excluding hydrogens is 570 g/mol. The summed E-state index contributed by atoms with van der Waals surface area (Å²) in [6.45, 7) is 7.78. The summed E-state index contributed by atoms with van der Waals surface area (Å²) in [6.07, 6.45) is 1.21. The zero-order valence-electron chi connectivity index (χ0n) is 32.1. The molecule has 2 aliphatic heterocycles. The number of unbranched alkanes of at least 4 members (excludes halogenated alkanes) is 2. The molecule has 234 valence electrons. The van der Waals surface area contributed by atoms with Crippen molar-refractivity contribution < 1.29 is 36.7 Å². The van der Waals surface area contributed by atoms with Crippen LogP contribution in [0.2, 0.25) is 0 Å². The monoisotopic (exact) mass is 615 g/mol. The van der Waals surface area contributed by atoms with E-state index >= 15 is 0 Å². The molecule has 5 rings (SSSR count). The molecule has 2 aromatic carbocycles. The molecule has 9 heteroatoms. The Morgan fingerprint density at radius 2 is 1.71 bits per heavy atom. The van der Waals surface area contributed by atoms with Gasteiger partial charge >= 0.3 is 5.97 Å². The molecule has 0 aromatic heterocycles. The average Bonchev–Trinajstić information content (AvgIpc) is 3.41. The Hall–Kier alpha value is -4.79. The van der Waals surface area contributed by atoms with E-state index in [2.05, 4.69) is 4.99 Å². The van der Waals surface area contributed by atoms with Crippen LogP contribution in [-0.2, 0) is 19.2 Å². The van der Waals surface area contributed by atoms with E-state index in [-0.39, 0.29) is 65.9 Å². The summed E-state index contributed by atoms with van der Waals surface area (Å²) in [5.74, 6) is -2.43. The molecule has 45 heavy (non-hydrogen) atoms. The number of fused-ring (bicyclic) bond motifs is 2. The number of benzene rings is 3. The van der Waals surface area contributed by atoms with Gasteiger partial charge in [-0.15, -0.1) is 5.06 Å². The molecular formula is C36H39N3O6. The number of hydroxylamine groups is 2. The van der Waals surface area contributed by atoms with Crippen LogP contribution in [0.5, 0.6) is 0 Å². The van der Waals surface area contributed by atoms with Crippen molar-refractivity contribution in [2.75, 3.05) is 20.1 Å². The van der Waals surface area contributed by atoms with E-state index in [1.54, 1.807) is 26.0 Å². The molecule has 2 heterocycles. The highest BCUT2D eigenvalue weighted by Gasteiger charge is 2.32. The van der Waals surface area contributed by atoms with Crippen molar-refractivity contribution in [3.8, 4) is 22.5 Å². The van der Waals surface area contributed by atoms with Crippen LogP contribution in [-0.4, -0.2) is 53.8 Å². The second-order valence-electron chi connectivity index (χ2n) is 11.1. The number of hydrogen-bond acceptors (Lipinski definition) is 7. The lowest BCUT2D eigenvalue weighted by molar-refractivity contribution is -0.197. The molecule has 0 radical (unpaired) electrons. The number of nitrogens with zero attached hydrogens (tertiary/aromatic N) is 3. The summed E-state index contributed by atoms with van der Waals surface area (Å²) >= 11 is 0. The van der Waals surface area contributed by atoms with E-state index in [1.165, 1.54) is 11.9 Å². The Bertz CT molecular complexity index is 2150. The zero-order valence-corrected chi connectivity index (χ0v) is 26.1. The first kappa shape index (κ1) is 24.5. The number of imide groups is 1. The van der Waals surface area contributed by atoms with Gasteiger partial charge in [-0.2, -0.15) is 0 Å². The van der Waals surface area contributed by atoms with Crippen molar-refractivity contribution in [3.63, 3.8) is 0 Å². The molecule has 0 bridgehead atoms. The average molecular weight is 616 g/mol. The lowest BCUT2D eigenvalue weighted by atomic mass is 9.88. The minimum atomic E-state index is -0.718. The third-order valence-electron chi connectivity index (χ3n) is 7.84. The zero-order chi connectivity index (χ0) is 37.5. The van der Waals surface area contributed by atoms with Gasteiger partial charge in [0.1, 0.15) is 11.3 Å². The molecule has 0 N–H and O–H groups in total. The Labute approximate surface area is 271 Å². The Kier molecular flexibility index (Phi) is 7.34. The number of carbonyl (C=O) groups excluding carboxylic acids is 4. The van der Waals surface area contributed by atoms with Crippen LogP contribution in [0.4, 0.5) is 0 Å². The topological polar surface area (TPSA) is 109 Å². The number of aryl methyl sites for hydroxylation is 2. The predicted octanol–water partition coefficient (Wildman–Crippen LogP) is 6.29. The molecule has 1 aliphatic carbocycles. The first-order chi connectivity index (χ1) is 24.1. The summed E-state index contributed by atoms with van der Waals surface area (Å²) in [7, 11) is 1.52. The second kappa shape index (κ2) is 13.5. The normalized spacial score (nSPS) is 15.6. The Morgan fingerprint density at radius 1 is 0.978 bits per heavy atom. The molecule has 2 aromatic rings. The molecule has 1 fully saturated rings. The minimum absolute atomic E-state index is 0.000186. The van der Waals surface area contributed by atoms with Crippen molar-refractivity contribution in [2.24, 2.45) is 4.99 Å². The highest BCUT2D eigenvalue weighted by atomic mass is 16.7. The van der Waals surface area contributed by atoms with Gasteiger partial charge in [0.15, 0.2) is 0 Å². The maximum atomic E-state index is 14.3. The highest BCUT2D eigenvalue weighted by molar-refractivity contribution is 6.09. The van der Waals surface area contributed by atoms with Crippen LogP contribution in [0.25, 0.3) is 33.4 Å². The van der Waals surface area contributed by atoms with Crippen molar-refractivity contribution in [1.29, 1.82) is 0 Å². The SMILES string of the molecule is [2H]c1c([2H])c([2H])c(-c2c3cc(C)/c(=N\CC)c([2H])c-3oc3c([2H])c(C)c(C)cc23)c(C(=O)N(C)CCCCCC(=O)ON2C(=O)CCC2=O)c1[2H]. The third-order valence-corrected chi connectivity index (χ3v) is 7.84. The van der Waals surface area contributed by atoms with Crippen LogP contribution in [0, 0.1) is 20.8 Å². The predicted molar refractivity (Wildman–Crippen MR) is 171 cm³/mol. The molecule has 0 atom stereocenters. The van der Waals surface area contributed by atoms with E-state index in [4.69, 9.17) is 17.5 Å². The van der Waals surface area contributed by atoms with Crippen LogP contribution >= 0.6 is 0 Å². The summed E-state index contributed by atoms with van der Waals surface area (Å²) in [5, 5.41) is 1.26. The maximum absolute atomic E-state index is 14.3. The smallest absolute Gasteiger partial charge is 0.333 e. The van der Waals surface area contributed by atoms with Crippen LogP contribution < -0.4 is 5.36 Å². The quantitative estimate of drug-likeness (QED) is 0.118. The first-order valence-electron chi connectivity index (χ1n) is 18.0. The van der Waals surface area contributed by atoms with Gasteiger partial charge in [-0.25, -0.2) is 4.79 Å². The molecule has 1 saturated heterocycles. The highest BCUT2D eigenvalue weighted by Crippen LogP contribution is 2.42. The summed E-state index contributed by atoms with van der Waals surface area (Å²) in [4.78, 5) is 60.6. The van der Waals surface area contributed by atoms with Crippen molar-refractivity contribution in [2.45, 2.75) is 66.2 Å². The number of rotatable bonds is 10. The van der Waals surface area contributed by atoms with Gasteiger partial charge in [-0.05, 0) is 87.0 Å². The maximum Gasteiger partial charge on any atom is 0.333 e. The summed E-state index contributed by atoms with van der Waals surface area (Å²) in [6, 6.07) is 1.40. The van der Waals surface area contributed by atoms with Gasteiger partial charge < -0.3 is 14.2 Å². The van der Waals surface area contributed by atoms with Crippen molar-refractivity contribution in [3.05, 3.63) is 76.0 Å². The fraction of sp³-hybridized carbons (Fsp3) is 0.361. The Balaban J connectivity index is 1.56. The van der Waals surface area contributed by atoms with Gasteiger partial charge in [0, 0.05) is 67.5 Å². The summed E-state index contributed by atoms with van der Waals surface area (Å²) < 4.78 is 59.3. The summed E-state index contributed by atoms with van der Waals surface area (Å²) in [5.41, 5.74) is 2.36. The number of amides is 3. The molecule has 0 unspecified atom stereocenters. The number of carbonyl (C=O) groups is 4. The van der Waals surface area contributed by atoms with Gasteiger partial charge in [-0.3, -0.25) is 19.4 Å². The molecule has 0 spiro atoms. The largest absolute Gasteiger partial charge is 0.456 e. The van der Waals surface area contributed by atoms with Gasteiger partial charge in [0.05, 0.1) is 13.6 Å². The van der Waals surface area contributed by atoms with Crippen LogP contribution in [0.15, 0.2) is 57.8 Å². The Morgan fingerprint density at radius 3 is 2.44 bits per heavy atom. The molecule has 3 amide bonds. The lowest BCUT2D eigenvalue weighted by Crippen LogP contribution is -2.32. The fourth-order valence-corrected chi connectivity index (χ4v) is 5.27. The van der Waals surface area contributed by atoms with E-state index in [1.807, 2.05) is 13.8 Å². The van der Waals surface area contributed by atoms with Crippen LogP contribution in [0.1, 0.15) is 80.7 Å². The minimum Gasteiger partial charge on any atom is -0.456 e. The standard InChI is InChI=1S/C36H39N3O6/c1-6-37-29-21-31-28(19-24(29)4)35(27-18-22(2)23(3)20-30(27)44-31)25-12-9-10-13-26(25)36(43)38(5)17-11-7-8-14-34(42)45-39-32(40)15-16-33(39)41/h9-10,12-13,18-21H,6-8,11,14-17H2,1-5H3/b37-29-/i9D,10D,12D,13D,20D,21D.